The van der Waals surface area contributed by atoms with Crippen molar-refractivity contribution >= 4 is 22.0 Å². The van der Waals surface area contributed by atoms with Crippen molar-refractivity contribution in [2.75, 3.05) is 20.6 Å². The van der Waals surface area contributed by atoms with Crippen molar-refractivity contribution in [3.63, 3.8) is 0 Å². The van der Waals surface area contributed by atoms with E-state index in [2.05, 4.69) is 4.72 Å². The van der Waals surface area contributed by atoms with E-state index in [4.69, 9.17) is 0 Å². The number of nitrogens with one attached hydrogen (secondary N) is 1. The van der Waals surface area contributed by atoms with E-state index in [9.17, 15) is 13.2 Å². The van der Waals surface area contributed by atoms with Gasteiger partial charge in [-0.2, -0.15) is 0 Å². The highest BCUT2D eigenvalue weighted by molar-refractivity contribution is 7.89. The normalized spacial score (nSPS) is 11.7. The van der Waals surface area contributed by atoms with Crippen molar-refractivity contribution < 1.29 is 13.2 Å². The highest BCUT2D eigenvalue weighted by Gasteiger charge is 2.09. The molecule has 0 aliphatic carbocycles. The van der Waals surface area contributed by atoms with Gasteiger partial charge in [-0.05, 0) is 37.7 Å². The largest absolute Gasteiger partial charge is 0.343 e. The molecular formula is C13H18N2O3S. The lowest BCUT2D eigenvalue weighted by Crippen LogP contribution is -2.23. The van der Waals surface area contributed by atoms with Crippen molar-refractivity contribution in [3.8, 4) is 0 Å². The van der Waals surface area contributed by atoms with E-state index in [1.807, 2.05) is 6.92 Å². The molecule has 0 fully saturated rings. The number of amides is 1. The Hall–Kier alpha value is -1.66. The third-order valence-electron chi connectivity index (χ3n) is 2.73. The second-order valence-electron chi connectivity index (χ2n) is 3.96. The minimum Gasteiger partial charge on any atom is -0.343 e. The summed E-state index contributed by atoms with van der Waals surface area (Å²) in [5.41, 5.74) is 0.771. The van der Waals surface area contributed by atoms with Gasteiger partial charge in [0.05, 0.1) is 4.90 Å². The van der Waals surface area contributed by atoms with Crippen LogP contribution < -0.4 is 4.72 Å². The summed E-state index contributed by atoms with van der Waals surface area (Å²) in [5.74, 6) is -0.0885. The third kappa shape index (κ3) is 4.18. The first-order chi connectivity index (χ1) is 8.90. The molecule has 5 nitrogen and oxygen atoms in total. The second-order valence-corrected chi connectivity index (χ2v) is 5.85. The summed E-state index contributed by atoms with van der Waals surface area (Å²) in [6.45, 7) is 2.53. The number of hydrogen-bond acceptors (Lipinski definition) is 3. The molecule has 6 heteroatoms. The maximum atomic E-state index is 11.6. The zero-order chi connectivity index (χ0) is 14.5. The van der Waals surface area contributed by atoms with E-state index in [0.29, 0.717) is 6.54 Å². The van der Waals surface area contributed by atoms with Crippen LogP contribution in [0.15, 0.2) is 35.2 Å². The zero-order valence-corrected chi connectivity index (χ0v) is 12.1. The van der Waals surface area contributed by atoms with Crippen molar-refractivity contribution in [1.82, 2.24) is 9.62 Å². The molecule has 0 atom stereocenters. The lowest BCUT2D eigenvalue weighted by molar-refractivity contribution is -0.124. The first-order valence-electron chi connectivity index (χ1n) is 5.87. The van der Waals surface area contributed by atoms with Crippen molar-refractivity contribution in [2.45, 2.75) is 11.8 Å². The number of benzene rings is 1. The van der Waals surface area contributed by atoms with Crippen LogP contribution in [0.5, 0.6) is 0 Å². The first kappa shape index (κ1) is 15.4. The van der Waals surface area contributed by atoms with Gasteiger partial charge in [-0.3, -0.25) is 4.79 Å². The maximum Gasteiger partial charge on any atom is 0.246 e. The predicted octanol–water partition coefficient (Wildman–Crippen LogP) is 1.09. The van der Waals surface area contributed by atoms with Crippen LogP contribution in [0.1, 0.15) is 12.5 Å². The Kier molecular flexibility index (Phi) is 5.26. The lowest BCUT2D eigenvalue weighted by atomic mass is 10.2. The highest BCUT2D eigenvalue weighted by Crippen LogP contribution is 2.11. The van der Waals surface area contributed by atoms with Gasteiger partial charge in [0.25, 0.3) is 0 Å². The highest BCUT2D eigenvalue weighted by atomic mass is 32.2. The van der Waals surface area contributed by atoms with Gasteiger partial charge in [0.1, 0.15) is 0 Å². The third-order valence-corrected chi connectivity index (χ3v) is 4.16. The molecule has 1 N–H and O–H groups in total. The van der Waals surface area contributed by atoms with Crippen LogP contribution >= 0.6 is 0 Å². The first-order valence-corrected chi connectivity index (χ1v) is 7.36. The van der Waals surface area contributed by atoms with Crippen molar-refractivity contribution in [1.29, 1.82) is 0 Å². The fraction of sp³-hybridized carbons (Fsp3) is 0.308. The number of sulfonamides is 1. The maximum absolute atomic E-state index is 11.6. The minimum atomic E-state index is -3.41. The molecule has 1 rings (SSSR count). The molecule has 1 amide bonds. The minimum absolute atomic E-state index is 0.0885. The summed E-state index contributed by atoms with van der Waals surface area (Å²) in [6, 6.07) is 6.30. The number of carbonyl (C=O) groups excluding carboxylic acids is 1. The van der Waals surface area contributed by atoms with Crippen LogP contribution in [0.3, 0.4) is 0 Å². The fourth-order valence-electron chi connectivity index (χ4n) is 1.33. The molecule has 0 aromatic heterocycles. The van der Waals surface area contributed by atoms with Gasteiger partial charge in [0.2, 0.25) is 15.9 Å². The SMILES string of the molecule is CCN(C)C(=O)/C=C/c1ccc(S(=O)(=O)NC)cc1. The summed E-state index contributed by atoms with van der Waals surface area (Å²) in [7, 11) is -0.332. The molecule has 0 aliphatic heterocycles. The van der Waals surface area contributed by atoms with Gasteiger partial charge >= 0.3 is 0 Å². The zero-order valence-electron chi connectivity index (χ0n) is 11.3. The molecule has 0 aliphatic rings. The van der Waals surface area contributed by atoms with Crippen LogP contribution in [0.2, 0.25) is 0 Å². The Morgan fingerprint density at radius 3 is 2.37 bits per heavy atom. The van der Waals surface area contributed by atoms with Crippen LogP contribution in [0.4, 0.5) is 0 Å². The average Bonchev–Trinajstić information content (AvgIpc) is 2.44. The van der Waals surface area contributed by atoms with E-state index in [-0.39, 0.29) is 10.8 Å². The van der Waals surface area contributed by atoms with Crippen LogP contribution in [-0.4, -0.2) is 39.9 Å². The van der Waals surface area contributed by atoms with Gasteiger partial charge < -0.3 is 4.90 Å². The quantitative estimate of drug-likeness (QED) is 0.822. The van der Waals surface area contributed by atoms with E-state index >= 15 is 0 Å². The van der Waals surface area contributed by atoms with E-state index in [1.165, 1.54) is 25.3 Å². The molecular weight excluding hydrogens is 264 g/mol. The summed E-state index contributed by atoms with van der Waals surface area (Å²) in [5, 5.41) is 0. The summed E-state index contributed by atoms with van der Waals surface area (Å²) in [4.78, 5) is 13.3. The second kappa shape index (κ2) is 6.49. The van der Waals surface area contributed by atoms with Crippen molar-refractivity contribution in [2.24, 2.45) is 0 Å². The summed E-state index contributed by atoms with van der Waals surface area (Å²) in [6.07, 6.45) is 3.12. The molecule has 0 saturated heterocycles. The molecule has 19 heavy (non-hydrogen) atoms. The lowest BCUT2D eigenvalue weighted by Gasteiger charge is -2.10. The van der Waals surface area contributed by atoms with E-state index in [0.717, 1.165) is 5.56 Å². The van der Waals surface area contributed by atoms with Gasteiger partial charge in [-0.1, -0.05) is 12.1 Å². The standard InChI is InChI=1S/C13H18N2O3S/c1-4-15(3)13(16)10-7-11-5-8-12(9-6-11)19(17,18)14-2/h5-10,14H,4H2,1-3H3/b10-7+. The molecule has 1 aromatic rings. The monoisotopic (exact) mass is 282 g/mol. The average molecular weight is 282 g/mol. The molecule has 0 spiro atoms. The molecule has 0 bridgehead atoms. The summed E-state index contributed by atoms with van der Waals surface area (Å²) >= 11 is 0. The molecule has 104 valence electrons. The number of hydrogen-bond donors (Lipinski definition) is 1. The summed E-state index contributed by atoms with van der Waals surface area (Å²) < 4.78 is 25.3. The fourth-order valence-corrected chi connectivity index (χ4v) is 2.06. The van der Waals surface area contributed by atoms with Crippen LogP contribution in [0.25, 0.3) is 6.08 Å². The van der Waals surface area contributed by atoms with E-state index in [1.54, 1.807) is 30.2 Å². The van der Waals surface area contributed by atoms with Gasteiger partial charge in [-0.15, -0.1) is 0 Å². The Morgan fingerprint density at radius 2 is 1.89 bits per heavy atom. The van der Waals surface area contributed by atoms with Crippen LogP contribution in [-0.2, 0) is 14.8 Å². The smallest absolute Gasteiger partial charge is 0.246 e. The Labute approximate surface area is 114 Å². The Balaban J connectivity index is 2.84. The van der Waals surface area contributed by atoms with E-state index < -0.39 is 10.0 Å². The predicted molar refractivity (Wildman–Crippen MR) is 75.0 cm³/mol. The molecule has 0 radical (unpaired) electrons. The number of carbonyl (C=O) groups is 1. The number of likely N-dealkylation sites (N-methyl/N-ethyl adjacent to an activating group) is 1. The van der Waals surface area contributed by atoms with Gasteiger partial charge in [-0.25, -0.2) is 13.1 Å². The van der Waals surface area contributed by atoms with Crippen LogP contribution in [0, 0.1) is 0 Å². The topological polar surface area (TPSA) is 66.5 Å². The molecule has 0 saturated carbocycles. The van der Waals surface area contributed by atoms with Gasteiger partial charge in [0, 0.05) is 19.7 Å². The molecule has 0 unspecified atom stereocenters. The Morgan fingerprint density at radius 1 is 1.32 bits per heavy atom. The van der Waals surface area contributed by atoms with Crippen molar-refractivity contribution in [3.05, 3.63) is 35.9 Å². The molecule has 0 heterocycles. The van der Waals surface area contributed by atoms with Gasteiger partial charge in [0.15, 0.2) is 0 Å². The molecule has 1 aromatic carbocycles. The number of rotatable bonds is 5. The Bertz CT molecular complexity index is 562. The number of nitrogens with zero attached hydrogens (tertiary/aromatic N) is 1.